The van der Waals surface area contributed by atoms with Crippen LogP contribution in [-0.4, -0.2) is 31.9 Å². The second kappa shape index (κ2) is 7.58. The molecule has 0 amide bonds. The summed E-state index contributed by atoms with van der Waals surface area (Å²) in [6.45, 7) is 4.57. The highest BCUT2D eigenvalue weighted by molar-refractivity contribution is 7.99. The Morgan fingerprint density at radius 2 is 1.97 bits per heavy atom. The standard InChI is InChI=1S/C22H24N4O3S/c1-12-3-4-13(2)16(11-12)29-9-10-30-21-17-19(23-18(24-21)14-5-6-14)26(15-7-8-15)22(28)25-20(17)27/h3-4,11,14-15H,5-10H2,1-2H3,(H,25,27,28). The first-order valence-corrected chi connectivity index (χ1v) is 11.4. The number of hydrogen-bond donors (Lipinski definition) is 1. The summed E-state index contributed by atoms with van der Waals surface area (Å²) in [4.78, 5) is 36.9. The SMILES string of the molecule is Cc1ccc(C)c(OCCSc2nc(C3CC3)nc3c2c(=O)[nH]c(=O)n3C2CC2)c1. The Bertz CT molecular complexity index is 1240. The van der Waals surface area contributed by atoms with E-state index in [1.54, 1.807) is 4.57 Å². The maximum absolute atomic E-state index is 12.7. The zero-order valence-corrected chi connectivity index (χ0v) is 17.9. The highest BCUT2D eigenvalue weighted by atomic mass is 32.2. The minimum atomic E-state index is -0.410. The molecule has 8 heteroatoms. The molecule has 0 saturated heterocycles. The quantitative estimate of drug-likeness (QED) is 0.355. The van der Waals surface area contributed by atoms with Crippen LogP contribution in [0.2, 0.25) is 0 Å². The number of aromatic amines is 1. The van der Waals surface area contributed by atoms with E-state index in [9.17, 15) is 9.59 Å². The Balaban J connectivity index is 1.44. The van der Waals surface area contributed by atoms with Gasteiger partial charge in [0, 0.05) is 17.7 Å². The second-order valence-electron chi connectivity index (χ2n) is 8.19. The lowest BCUT2D eigenvalue weighted by molar-refractivity contribution is 0.341. The third-order valence-corrected chi connectivity index (χ3v) is 6.49. The van der Waals surface area contributed by atoms with Gasteiger partial charge in [-0.3, -0.25) is 14.3 Å². The third kappa shape index (κ3) is 3.76. The fraction of sp³-hybridized carbons (Fsp3) is 0.455. The van der Waals surface area contributed by atoms with E-state index in [0.29, 0.717) is 34.3 Å². The molecule has 0 bridgehead atoms. The molecule has 156 valence electrons. The van der Waals surface area contributed by atoms with Crippen LogP contribution in [0.1, 0.15) is 54.6 Å². The van der Waals surface area contributed by atoms with Gasteiger partial charge >= 0.3 is 5.69 Å². The maximum Gasteiger partial charge on any atom is 0.330 e. The number of thioether (sulfide) groups is 1. The van der Waals surface area contributed by atoms with Crippen molar-refractivity contribution in [2.24, 2.45) is 0 Å². The first-order chi connectivity index (χ1) is 14.5. The number of nitrogens with one attached hydrogen (secondary N) is 1. The van der Waals surface area contributed by atoms with Gasteiger partial charge in [-0.1, -0.05) is 12.1 Å². The number of H-pyrrole nitrogens is 1. The van der Waals surface area contributed by atoms with Crippen LogP contribution in [-0.2, 0) is 0 Å². The predicted octanol–water partition coefficient (Wildman–Crippen LogP) is 3.48. The van der Waals surface area contributed by atoms with Crippen LogP contribution in [0.4, 0.5) is 0 Å². The number of rotatable bonds is 7. The van der Waals surface area contributed by atoms with Crippen molar-refractivity contribution >= 4 is 22.8 Å². The molecule has 5 rings (SSSR count). The Morgan fingerprint density at radius 1 is 1.17 bits per heavy atom. The molecule has 2 fully saturated rings. The van der Waals surface area contributed by atoms with Crippen molar-refractivity contribution in [2.75, 3.05) is 12.4 Å². The van der Waals surface area contributed by atoms with Crippen molar-refractivity contribution in [1.29, 1.82) is 0 Å². The molecule has 2 heterocycles. The van der Waals surface area contributed by atoms with Crippen molar-refractivity contribution < 1.29 is 4.74 Å². The lowest BCUT2D eigenvalue weighted by atomic mass is 10.1. The van der Waals surface area contributed by atoms with E-state index in [1.165, 1.54) is 11.8 Å². The van der Waals surface area contributed by atoms with Crippen molar-refractivity contribution in [3.63, 3.8) is 0 Å². The van der Waals surface area contributed by atoms with Crippen LogP contribution in [0, 0.1) is 13.8 Å². The lowest BCUT2D eigenvalue weighted by Gasteiger charge is -2.13. The molecule has 30 heavy (non-hydrogen) atoms. The van der Waals surface area contributed by atoms with E-state index in [1.807, 2.05) is 26.0 Å². The van der Waals surface area contributed by atoms with Crippen molar-refractivity contribution in [3.8, 4) is 5.75 Å². The van der Waals surface area contributed by atoms with Crippen LogP contribution in [0.5, 0.6) is 5.75 Å². The number of hydrogen-bond acceptors (Lipinski definition) is 6. The monoisotopic (exact) mass is 424 g/mol. The van der Waals surface area contributed by atoms with E-state index in [4.69, 9.17) is 9.72 Å². The predicted molar refractivity (Wildman–Crippen MR) is 117 cm³/mol. The maximum atomic E-state index is 12.7. The van der Waals surface area contributed by atoms with E-state index < -0.39 is 5.56 Å². The Hall–Kier alpha value is -2.61. The summed E-state index contributed by atoms with van der Waals surface area (Å²) in [5.74, 6) is 2.61. The van der Waals surface area contributed by atoms with Crippen LogP contribution in [0.25, 0.3) is 11.0 Å². The summed E-state index contributed by atoms with van der Waals surface area (Å²) in [5, 5.41) is 1.06. The summed E-state index contributed by atoms with van der Waals surface area (Å²) in [7, 11) is 0. The van der Waals surface area contributed by atoms with Crippen LogP contribution < -0.4 is 16.0 Å². The van der Waals surface area contributed by atoms with Crippen molar-refractivity contribution in [2.45, 2.75) is 56.5 Å². The Morgan fingerprint density at radius 3 is 2.70 bits per heavy atom. The van der Waals surface area contributed by atoms with E-state index in [2.05, 4.69) is 16.0 Å². The molecule has 0 radical (unpaired) electrons. The smallest absolute Gasteiger partial charge is 0.330 e. The largest absolute Gasteiger partial charge is 0.492 e. The molecule has 2 aromatic heterocycles. The van der Waals surface area contributed by atoms with Gasteiger partial charge in [0.1, 0.15) is 22.0 Å². The Labute approximate surface area is 177 Å². The molecule has 2 aliphatic rings. The van der Waals surface area contributed by atoms with Gasteiger partial charge in [0.25, 0.3) is 5.56 Å². The number of aryl methyl sites for hydroxylation is 2. The summed E-state index contributed by atoms with van der Waals surface area (Å²) in [5.41, 5.74) is 1.96. The number of benzene rings is 1. The average Bonchev–Trinajstić information content (AvgIpc) is 3.60. The highest BCUT2D eigenvalue weighted by Gasteiger charge is 2.32. The van der Waals surface area contributed by atoms with E-state index in [0.717, 1.165) is 48.4 Å². The molecule has 3 aromatic rings. The highest BCUT2D eigenvalue weighted by Crippen LogP contribution is 2.40. The van der Waals surface area contributed by atoms with Gasteiger partial charge in [-0.05, 0) is 56.7 Å². The minimum absolute atomic E-state index is 0.129. The van der Waals surface area contributed by atoms with Gasteiger partial charge in [-0.15, -0.1) is 11.8 Å². The van der Waals surface area contributed by atoms with Gasteiger partial charge in [0.05, 0.1) is 6.61 Å². The number of fused-ring (bicyclic) bond motifs is 1. The van der Waals surface area contributed by atoms with Crippen LogP contribution >= 0.6 is 11.8 Å². The summed E-state index contributed by atoms with van der Waals surface area (Å²) < 4.78 is 7.61. The van der Waals surface area contributed by atoms with Crippen molar-refractivity contribution in [3.05, 3.63) is 56.0 Å². The molecule has 0 spiro atoms. The lowest BCUT2D eigenvalue weighted by Crippen LogP contribution is -2.31. The first-order valence-electron chi connectivity index (χ1n) is 10.4. The van der Waals surface area contributed by atoms with Crippen LogP contribution in [0.15, 0.2) is 32.8 Å². The minimum Gasteiger partial charge on any atom is -0.492 e. The molecular weight excluding hydrogens is 400 g/mol. The normalized spacial score (nSPS) is 16.2. The number of nitrogens with zero attached hydrogens (tertiary/aromatic N) is 3. The second-order valence-corrected chi connectivity index (χ2v) is 9.27. The molecular formula is C22H24N4O3S. The number of ether oxygens (including phenoxy) is 1. The fourth-order valence-electron chi connectivity index (χ4n) is 3.59. The molecule has 0 unspecified atom stereocenters. The van der Waals surface area contributed by atoms with Gasteiger partial charge in [0.15, 0.2) is 5.65 Å². The molecule has 0 aliphatic heterocycles. The van der Waals surface area contributed by atoms with Gasteiger partial charge in [-0.25, -0.2) is 14.8 Å². The van der Waals surface area contributed by atoms with Gasteiger partial charge in [-0.2, -0.15) is 0 Å². The first kappa shape index (κ1) is 19.4. The molecule has 2 aliphatic carbocycles. The fourth-order valence-corrected chi connectivity index (χ4v) is 4.43. The molecule has 1 N–H and O–H groups in total. The average molecular weight is 425 g/mol. The van der Waals surface area contributed by atoms with E-state index in [-0.39, 0.29) is 11.7 Å². The zero-order chi connectivity index (χ0) is 20.8. The zero-order valence-electron chi connectivity index (χ0n) is 17.1. The molecule has 1 aromatic carbocycles. The molecule has 2 saturated carbocycles. The number of aromatic nitrogens is 4. The summed E-state index contributed by atoms with van der Waals surface area (Å²) >= 11 is 1.49. The van der Waals surface area contributed by atoms with Crippen molar-refractivity contribution in [1.82, 2.24) is 19.5 Å². The molecule has 7 nitrogen and oxygen atoms in total. The topological polar surface area (TPSA) is 89.9 Å². The Kier molecular flexibility index (Phi) is 4.89. The summed E-state index contributed by atoms with van der Waals surface area (Å²) in [6, 6.07) is 6.28. The molecule has 0 atom stereocenters. The van der Waals surface area contributed by atoms with Crippen LogP contribution in [0.3, 0.4) is 0 Å². The van der Waals surface area contributed by atoms with Gasteiger partial charge < -0.3 is 4.74 Å². The van der Waals surface area contributed by atoms with Gasteiger partial charge in [0.2, 0.25) is 0 Å². The van der Waals surface area contributed by atoms with E-state index >= 15 is 0 Å². The third-order valence-electron chi connectivity index (χ3n) is 5.55. The summed E-state index contributed by atoms with van der Waals surface area (Å²) in [6.07, 6.45) is 4.00.